The van der Waals surface area contributed by atoms with Crippen molar-refractivity contribution in [1.29, 1.82) is 0 Å². The molecule has 1 saturated heterocycles. The predicted molar refractivity (Wildman–Crippen MR) is 73.6 cm³/mol. The lowest BCUT2D eigenvalue weighted by Crippen LogP contribution is -2.33. The predicted octanol–water partition coefficient (Wildman–Crippen LogP) is 1.94. The lowest BCUT2D eigenvalue weighted by atomic mass is 9.96. The number of ether oxygens (including phenoxy) is 1. The molecule has 1 aliphatic rings. The molecule has 19 heavy (non-hydrogen) atoms. The van der Waals surface area contributed by atoms with E-state index in [4.69, 9.17) is 4.74 Å². The molecule has 3 rings (SSSR count). The number of hydrogen-bond donors (Lipinski definition) is 0. The second-order valence-corrected chi connectivity index (χ2v) is 5.06. The van der Waals surface area contributed by atoms with Crippen molar-refractivity contribution in [1.82, 2.24) is 19.5 Å². The number of nitrogens with zero attached hydrogens (tertiary/aromatic N) is 4. The van der Waals surface area contributed by atoms with Gasteiger partial charge in [0.1, 0.15) is 11.6 Å². The van der Waals surface area contributed by atoms with Crippen LogP contribution in [-0.2, 0) is 0 Å². The molecule has 0 spiro atoms. The van der Waals surface area contributed by atoms with Crippen LogP contribution in [0.5, 0.6) is 5.75 Å². The lowest BCUT2D eigenvalue weighted by Gasteiger charge is -2.30. The van der Waals surface area contributed by atoms with Gasteiger partial charge in [0.2, 0.25) is 0 Å². The van der Waals surface area contributed by atoms with Crippen molar-refractivity contribution in [3.8, 4) is 5.75 Å². The number of pyridine rings is 1. The summed E-state index contributed by atoms with van der Waals surface area (Å²) in [6.07, 6.45) is 4.34. The maximum Gasteiger partial charge on any atom is 0.164 e. The quantitative estimate of drug-likeness (QED) is 0.846. The van der Waals surface area contributed by atoms with Crippen LogP contribution in [0.1, 0.15) is 31.5 Å². The van der Waals surface area contributed by atoms with Gasteiger partial charge >= 0.3 is 0 Å². The van der Waals surface area contributed by atoms with E-state index < -0.39 is 0 Å². The molecule has 102 valence electrons. The van der Waals surface area contributed by atoms with Crippen LogP contribution < -0.4 is 4.74 Å². The first-order valence-electron chi connectivity index (χ1n) is 6.93. The van der Waals surface area contributed by atoms with E-state index in [-0.39, 0.29) is 0 Å². The second-order valence-electron chi connectivity index (χ2n) is 5.06. The Hall–Kier alpha value is -1.62. The number of hydrogen-bond acceptors (Lipinski definition) is 4. The summed E-state index contributed by atoms with van der Waals surface area (Å²) in [5, 5.41) is 8.65. The molecule has 5 nitrogen and oxygen atoms in total. The highest BCUT2D eigenvalue weighted by Gasteiger charge is 2.23. The highest BCUT2D eigenvalue weighted by molar-refractivity contribution is 5.44. The van der Waals surface area contributed by atoms with E-state index in [1.807, 2.05) is 18.3 Å². The molecule has 0 radical (unpaired) electrons. The number of aromatic nitrogens is 3. The normalized spacial score (nSPS) is 18.0. The Morgan fingerprint density at radius 2 is 2.11 bits per heavy atom. The first-order valence-corrected chi connectivity index (χ1v) is 6.93. The zero-order valence-electron chi connectivity index (χ0n) is 11.5. The summed E-state index contributed by atoms with van der Waals surface area (Å²) in [4.78, 5) is 2.49. The van der Waals surface area contributed by atoms with Crippen LogP contribution in [0.3, 0.4) is 0 Å². The highest BCUT2D eigenvalue weighted by atomic mass is 16.5. The number of fused-ring (bicyclic) bond motifs is 1. The van der Waals surface area contributed by atoms with Gasteiger partial charge in [-0.15, -0.1) is 10.2 Å². The summed E-state index contributed by atoms with van der Waals surface area (Å²) in [5.41, 5.74) is 0.868. The topological polar surface area (TPSA) is 42.7 Å². The molecule has 0 amide bonds. The summed E-state index contributed by atoms with van der Waals surface area (Å²) < 4.78 is 7.31. The summed E-state index contributed by atoms with van der Waals surface area (Å²) in [7, 11) is 1.67. The lowest BCUT2D eigenvalue weighted by molar-refractivity contribution is 0.218. The molecule has 1 aliphatic heterocycles. The Balaban J connectivity index is 1.85. The SMILES string of the molecule is CCN1CCC(c2nnc3cc(OC)ccn23)CC1. The van der Waals surface area contributed by atoms with Gasteiger partial charge in [0.25, 0.3) is 0 Å². The second kappa shape index (κ2) is 5.17. The van der Waals surface area contributed by atoms with Crippen LogP contribution in [0, 0.1) is 0 Å². The van der Waals surface area contributed by atoms with E-state index in [1.165, 1.54) is 12.8 Å². The average Bonchev–Trinajstić information content (AvgIpc) is 2.90. The van der Waals surface area contributed by atoms with Crippen LogP contribution in [0.15, 0.2) is 18.3 Å². The third-order valence-corrected chi connectivity index (χ3v) is 4.04. The molecule has 0 unspecified atom stereocenters. The Kier molecular flexibility index (Phi) is 3.38. The van der Waals surface area contributed by atoms with Crippen molar-refractivity contribution in [2.24, 2.45) is 0 Å². The minimum atomic E-state index is 0.520. The first kappa shape index (κ1) is 12.4. The molecule has 5 heteroatoms. The van der Waals surface area contributed by atoms with Crippen molar-refractivity contribution in [3.05, 3.63) is 24.2 Å². The maximum atomic E-state index is 5.22. The van der Waals surface area contributed by atoms with Gasteiger partial charge in [-0.25, -0.2) is 0 Å². The van der Waals surface area contributed by atoms with Crippen molar-refractivity contribution in [2.75, 3.05) is 26.7 Å². The van der Waals surface area contributed by atoms with Crippen LogP contribution in [-0.4, -0.2) is 46.2 Å². The van der Waals surface area contributed by atoms with Crippen LogP contribution >= 0.6 is 0 Å². The van der Waals surface area contributed by atoms with Gasteiger partial charge in [0, 0.05) is 18.2 Å². The molecule has 0 aromatic carbocycles. The van der Waals surface area contributed by atoms with E-state index in [0.717, 1.165) is 36.9 Å². The first-order chi connectivity index (χ1) is 9.31. The highest BCUT2D eigenvalue weighted by Crippen LogP contribution is 2.27. The molecule has 2 aromatic heterocycles. The molecular formula is C14H20N4O. The number of rotatable bonds is 3. The minimum absolute atomic E-state index is 0.520. The molecule has 0 N–H and O–H groups in total. The fourth-order valence-electron chi connectivity index (χ4n) is 2.80. The zero-order valence-corrected chi connectivity index (χ0v) is 11.5. The van der Waals surface area contributed by atoms with Gasteiger partial charge in [-0.2, -0.15) is 0 Å². The average molecular weight is 260 g/mol. The Bertz CT molecular complexity index is 558. The largest absolute Gasteiger partial charge is 0.497 e. The minimum Gasteiger partial charge on any atom is -0.497 e. The van der Waals surface area contributed by atoms with E-state index in [0.29, 0.717) is 5.92 Å². The van der Waals surface area contributed by atoms with Crippen molar-refractivity contribution in [3.63, 3.8) is 0 Å². The van der Waals surface area contributed by atoms with E-state index in [1.54, 1.807) is 7.11 Å². The molecule has 0 bridgehead atoms. The summed E-state index contributed by atoms with van der Waals surface area (Å²) in [5.74, 6) is 2.44. The Morgan fingerprint density at radius 3 is 2.79 bits per heavy atom. The molecular weight excluding hydrogens is 240 g/mol. The number of likely N-dealkylation sites (tertiary alicyclic amines) is 1. The molecule has 0 atom stereocenters. The van der Waals surface area contributed by atoms with E-state index in [9.17, 15) is 0 Å². The number of piperidine rings is 1. The zero-order chi connectivity index (χ0) is 13.2. The van der Waals surface area contributed by atoms with Gasteiger partial charge in [-0.05, 0) is 38.5 Å². The summed E-state index contributed by atoms with van der Waals surface area (Å²) in [6.45, 7) is 5.68. The molecule has 0 saturated carbocycles. The van der Waals surface area contributed by atoms with Crippen molar-refractivity contribution >= 4 is 5.65 Å². The van der Waals surface area contributed by atoms with E-state index in [2.05, 4.69) is 26.4 Å². The monoisotopic (exact) mass is 260 g/mol. The van der Waals surface area contributed by atoms with Gasteiger partial charge in [0.05, 0.1) is 7.11 Å². The molecule has 0 aliphatic carbocycles. The number of methoxy groups -OCH3 is 1. The Morgan fingerprint density at radius 1 is 1.32 bits per heavy atom. The maximum absolute atomic E-state index is 5.22. The molecule has 3 heterocycles. The third kappa shape index (κ3) is 2.30. The summed E-state index contributed by atoms with van der Waals surface area (Å²) in [6, 6.07) is 3.89. The van der Waals surface area contributed by atoms with Crippen LogP contribution in [0.2, 0.25) is 0 Å². The third-order valence-electron chi connectivity index (χ3n) is 4.04. The fraction of sp³-hybridized carbons (Fsp3) is 0.571. The van der Waals surface area contributed by atoms with Crippen LogP contribution in [0.4, 0.5) is 0 Å². The van der Waals surface area contributed by atoms with Crippen molar-refractivity contribution < 1.29 is 4.74 Å². The van der Waals surface area contributed by atoms with Crippen molar-refractivity contribution in [2.45, 2.75) is 25.7 Å². The summed E-state index contributed by atoms with van der Waals surface area (Å²) >= 11 is 0. The van der Waals surface area contributed by atoms with Gasteiger partial charge in [-0.3, -0.25) is 4.40 Å². The smallest absolute Gasteiger partial charge is 0.164 e. The van der Waals surface area contributed by atoms with Gasteiger partial charge < -0.3 is 9.64 Å². The Labute approximate surface area is 113 Å². The van der Waals surface area contributed by atoms with Gasteiger partial charge in [-0.1, -0.05) is 6.92 Å². The van der Waals surface area contributed by atoms with Crippen LogP contribution in [0.25, 0.3) is 5.65 Å². The molecule has 1 fully saturated rings. The standard InChI is InChI=1S/C14H20N4O/c1-3-17-7-4-11(5-8-17)14-16-15-13-10-12(19-2)6-9-18(13)14/h6,9-11H,3-5,7-8H2,1-2H3. The van der Waals surface area contributed by atoms with Gasteiger partial charge in [0.15, 0.2) is 5.65 Å². The molecule has 2 aromatic rings. The van der Waals surface area contributed by atoms with E-state index >= 15 is 0 Å². The fourth-order valence-corrected chi connectivity index (χ4v) is 2.80.